The predicted molar refractivity (Wildman–Crippen MR) is 122 cm³/mol. The van der Waals surface area contributed by atoms with Crippen molar-refractivity contribution >= 4 is 11.6 Å². The SMILES string of the molecule is O=C(N[C@H]1CCCC[C@@H]1O)C1CN(Cc2ccc(-n3cccn3)cc2)c2ccccc2O1. The number of carbonyl (C=O) groups excluding carboxylic acids is 1. The maximum atomic E-state index is 13.0. The molecule has 2 aliphatic rings. The lowest BCUT2D eigenvalue weighted by molar-refractivity contribution is -0.129. The lowest BCUT2D eigenvalue weighted by Crippen LogP contribution is -2.54. The fourth-order valence-electron chi connectivity index (χ4n) is 4.54. The number of aliphatic hydroxyl groups excluding tert-OH is 1. The van der Waals surface area contributed by atoms with Crippen LogP contribution in [-0.2, 0) is 11.3 Å². The third kappa shape index (κ3) is 4.34. The normalized spacial score (nSPS) is 22.7. The third-order valence-electron chi connectivity index (χ3n) is 6.29. The molecule has 0 saturated heterocycles. The smallest absolute Gasteiger partial charge is 0.263 e. The van der Waals surface area contributed by atoms with Gasteiger partial charge < -0.3 is 20.1 Å². The van der Waals surface area contributed by atoms with E-state index in [-0.39, 0.29) is 11.9 Å². The molecular formula is C25H28N4O3. The number of carbonyl (C=O) groups is 1. The Balaban J connectivity index is 1.31. The number of nitrogens with one attached hydrogen (secondary N) is 1. The largest absolute Gasteiger partial charge is 0.477 e. The minimum absolute atomic E-state index is 0.163. The summed E-state index contributed by atoms with van der Waals surface area (Å²) in [5.41, 5.74) is 3.12. The molecule has 7 nitrogen and oxygen atoms in total. The minimum atomic E-state index is -0.623. The zero-order valence-electron chi connectivity index (χ0n) is 17.9. The summed E-state index contributed by atoms with van der Waals surface area (Å²) in [6.45, 7) is 1.11. The second-order valence-corrected chi connectivity index (χ2v) is 8.54. The van der Waals surface area contributed by atoms with E-state index in [1.165, 1.54) is 0 Å². The molecule has 1 amide bonds. The van der Waals surface area contributed by atoms with Gasteiger partial charge in [0, 0.05) is 18.9 Å². The molecule has 0 spiro atoms. The number of benzene rings is 2. The number of para-hydroxylation sites is 2. The Morgan fingerprint density at radius 3 is 2.69 bits per heavy atom. The first-order valence-electron chi connectivity index (χ1n) is 11.3. The van der Waals surface area contributed by atoms with Gasteiger partial charge in [-0.3, -0.25) is 4.79 Å². The Morgan fingerprint density at radius 2 is 1.91 bits per heavy atom. The maximum absolute atomic E-state index is 13.0. The van der Waals surface area contributed by atoms with Crippen LogP contribution in [0.4, 0.5) is 5.69 Å². The van der Waals surface area contributed by atoms with Crippen molar-refractivity contribution in [2.75, 3.05) is 11.4 Å². The summed E-state index contributed by atoms with van der Waals surface area (Å²) in [6, 6.07) is 17.8. The average Bonchev–Trinajstić information content (AvgIpc) is 3.36. The predicted octanol–water partition coefficient (Wildman–Crippen LogP) is 3.06. The van der Waals surface area contributed by atoms with Crippen molar-refractivity contribution in [1.29, 1.82) is 0 Å². The van der Waals surface area contributed by atoms with Gasteiger partial charge in [-0.25, -0.2) is 4.68 Å². The zero-order chi connectivity index (χ0) is 21.9. The molecule has 1 saturated carbocycles. The second-order valence-electron chi connectivity index (χ2n) is 8.54. The molecule has 2 aromatic carbocycles. The number of hydrogen-bond donors (Lipinski definition) is 2. The van der Waals surface area contributed by atoms with E-state index in [0.717, 1.165) is 42.6 Å². The van der Waals surface area contributed by atoms with Gasteiger partial charge in [-0.2, -0.15) is 5.10 Å². The number of fused-ring (bicyclic) bond motifs is 1. The van der Waals surface area contributed by atoms with Crippen LogP contribution in [0.1, 0.15) is 31.2 Å². The van der Waals surface area contributed by atoms with Gasteiger partial charge in [0.15, 0.2) is 6.10 Å². The van der Waals surface area contributed by atoms with E-state index in [9.17, 15) is 9.90 Å². The number of amides is 1. The van der Waals surface area contributed by atoms with E-state index in [1.807, 2.05) is 53.3 Å². The van der Waals surface area contributed by atoms with Gasteiger partial charge >= 0.3 is 0 Å². The van der Waals surface area contributed by atoms with Gasteiger partial charge in [0.1, 0.15) is 5.75 Å². The van der Waals surface area contributed by atoms with Gasteiger partial charge in [-0.05, 0) is 48.7 Å². The van der Waals surface area contributed by atoms with Crippen molar-refractivity contribution < 1.29 is 14.6 Å². The van der Waals surface area contributed by atoms with E-state index in [2.05, 4.69) is 27.4 Å². The highest BCUT2D eigenvalue weighted by Crippen LogP contribution is 2.34. The molecule has 1 aromatic heterocycles. The van der Waals surface area contributed by atoms with Crippen molar-refractivity contribution in [2.24, 2.45) is 0 Å². The number of nitrogens with zero attached hydrogens (tertiary/aromatic N) is 3. The molecule has 5 rings (SSSR count). The van der Waals surface area contributed by atoms with Crippen LogP contribution in [0.15, 0.2) is 67.0 Å². The van der Waals surface area contributed by atoms with Gasteiger partial charge in [0.05, 0.1) is 30.1 Å². The van der Waals surface area contributed by atoms with Crippen molar-refractivity contribution in [2.45, 2.75) is 50.5 Å². The summed E-state index contributed by atoms with van der Waals surface area (Å²) in [5, 5.41) is 17.5. The minimum Gasteiger partial charge on any atom is -0.477 e. The van der Waals surface area contributed by atoms with E-state index in [0.29, 0.717) is 18.8 Å². The van der Waals surface area contributed by atoms with Gasteiger partial charge in [0.2, 0.25) is 0 Å². The van der Waals surface area contributed by atoms with E-state index >= 15 is 0 Å². The summed E-state index contributed by atoms with van der Waals surface area (Å²) in [6.07, 6.45) is 6.15. The fourth-order valence-corrected chi connectivity index (χ4v) is 4.54. The number of anilines is 1. The van der Waals surface area contributed by atoms with Gasteiger partial charge in [-0.1, -0.05) is 37.1 Å². The monoisotopic (exact) mass is 432 g/mol. The number of aromatic nitrogens is 2. The molecule has 1 unspecified atom stereocenters. The van der Waals surface area contributed by atoms with Crippen molar-refractivity contribution in [3.8, 4) is 11.4 Å². The molecule has 32 heavy (non-hydrogen) atoms. The molecule has 1 fully saturated rings. The van der Waals surface area contributed by atoms with Crippen LogP contribution in [0.5, 0.6) is 5.75 Å². The number of hydrogen-bond acceptors (Lipinski definition) is 5. The van der Waals surface area contributed by atoms with E-state index in [4.69, 9.17) is 4.74 Å². The fraction of sp³-hybridized carbons (Fsp3) is 0.360. The topological polar surface area (TPSA) is 79.6 Å². The molecule has 1 aliphatic heterocycles. The summed E-state index contributed by atoms with van der Waals surface area (Å²) < 4.78 is 7.89. The first-order valence-corrected chi connectivity index (χ1v) is 11.3. The molecular weight excluding hydrogens is 404 g/mol. The summed E-state index contributed by atoms with van der Waals surface area (Å²) in [5.74, 6) is 0.542. The molecule has 1 aliphatic carbocycles. The highest BCUT2D eigenvalue weighted by atomic mass is 16.5. The zero-order valence-corrected chi connectivity index (χ0v) is 17.9. The Morgan fingerprint density at radius 1 is 1.09 bits per heavy atom. The van der Waals surface area contributed by atoms with Gasteiger partial charge in [-0.15, -0.1) is 0 Å². The number of ether oxygens (including phenoxy) is 1. The molecule has 0 radical (unpaired) electrons. The lowest BCUT2D eigenvalue weighted by atomic mass is 9.92. The molecule has 2 N–H and O–H groups in total. The quantitative estimate of drug-likeness (QED) is 0.648. The molecule has 3 atom stereocenters. The molecule has 7 heteroatoms. The Kier molecular flexibility index (Phi) is 5.81. The van der Waals surface area contributed by atoms with Crippen LogP contribution in [0.2, 0.25) is 0 Å². The second kappa shape index (κ2) is 9.04. The number of aliphatic hydroxyl groups is 1. The van der Waals surface area contributed by atoms with Crippen molar-refractivity contribution in [3.63, 3.8) is 0 Å². The highest BCUT2D eigenvalue weighted by molar-refractivity contribution is 5.83. The molecule has 166 valence electrons. The first-order chi connectivity index (χ1) is 15.7. The van der Waals surface area contributed by atoms with Crippen LogP contribution >= 0.6 is 0 Å². The molecule has 2 heterocycles. The standard InChI is InChI=1S/C25H28N4O3/c30-22-8-3-1-6-20(22)27-25(31)24-17-28(21-7-2-4-9-23(21)32-24)16-18-10-12-19(13-11-18)29-15-5-14-26-29/h2,4-5,7,9-15,20,22,24,30H,1,3,6,8,16-17H2,(H,27,31)/t20-,22-,24?/m0/s1. The first kappa shape index (κ1) is 20.6. The van der Waals surface area contributed by atoms with Crippen LogP contribution in [0, 0.1) is 0 Å². The van der Waals surface area contributed by atoms with Crippen LogP contribution in [-0.4, -0.2) is 45.6 Å². The molecule has 3 aromatic rings. The van der Waals surface area contributed by atoms with Gasteiger partial charge in [0.25, 0.3) is 5.91 Å². The van der Waals surface area contributed by atoms with Crippen LogP contribution < -0.4 is 15.0 Å². The summed E-state index contributed by atoms with van der Waals surface area (Å²) in [4.78, 5) is 15.2. The Labute approximate surface area is 187 Å². The maximum Gasteiger partial charge on any atom is 0.263 e. The lowest BCUT2D eigenvalue weighted by Gasteiger charge is -2.37. The highest BCUT2D eigenvalue weighted by Gasteiger charge is 2.33. The summed E-state index contributed by atoms with van der Waals surface area (Å²) in [7, 11) is 0. The summed E-state index contributed by atoms with van der Waals surface area (Å²) >= 11 is 0. The Bertz CT molecular complexity index is 1050. The van der Waals surface area contributed by atoms with E-state index in [1.54, 1.807) is 6.20 Å². The Hall–Kier alpha value is -3.32. The van der Waals surface area contributed by atoms with Crippen molar-refractivity contribution in [1.82, 2.24) is 15.1 Å². The van der Waals surface area contributed by atoms with Crippen molar-refractivity contribution in [3.05, 3.63) is 72.6 Å². The third-order valence-corrected chi connectivity index (χ3v) is 6.29. The van der Waals surface area contributed by atoms with Crippen LogP contribution in [0.25, 0.3) is 5.69 Å². The average molecular weight is 433 g/mol. The molecule has 0 bridgehead atoms. The van der Waals surface area contributed by atoms with E-state index < -0.39 is 12.2 Å². The van der Waals surface area contributed by atoms with Crippen LogP contribution in [0.3, 0.4) is 0 Å². The number of rotatable bonds is 5.